The van der Waals surface area contributed by atoms with Crippen LogP contribution in [0.5, 0.6) is 0 Å². The Bertz CT molecular complexity index is 949. The van der Waals surface area contributed by atoms with E-state index < -0.39 is 22.7 Å². The van der Waals surface area contributed by atoms with Gasteiger partial charge in [0, 0.05) is 11.9 Å². The van der Waals surface area contributed by atoms with E-state index >= 15 is 0 Å². The molecule has 5 nitrogen and oxygen atoms in total. The van der Waals surface area contributed by atoms with Crippen molar-refractivity contribution in [2.24, 2.45) is 0 Å². The molecule has 140 valence electrons. The van der Waals surface area contributed by atoms with Crippen LogP contribution in [-0.4, -0.2) is 5.91 Å². The van der Waals surface area contributed by atoms with Crippen molar-refractivity contribution in [1.29, 1.82) is 5.26 Å². The van der Waals surface area contributed by atoms with Crippen molar-refractivity contribution in [1.82, 2.24) is 0 Å². The Morgan fingerprint density at radius 1 is 1.26 bits per heavy atom. The van der Waals surface area contributed by atoms with Gasteiger partial charge in [-0.15, -0.1) is 0 Å². The molecule has 0 saturated carbocycles. The number of nitrogens with zero attached hydrogens (tertiary/aromatic N) is 1. The number of nitrogens with one attached hydrogen (secondary N) is 2. The van der Waals surface area contributed by atoms with E-state index in [-0.39, 0.29) is 11.3 Å². The zero-order chi connectivity index (χ0) is 20.2. The minimum Gasteiger partial charge on any atom is -0.397 e. The number of nitrogens with two attached hydrogens (primary N) is 1. The fourth-order valence-electron chi connectivity index (χ4n) is 2.13. The molecule has 27 heavy (non-hydrogen) atoms. The first kappa shape index (κ1) is 20.1. The van der Waals surface area contributed by atoms with E-state index in [0.29, 0.717) is 17.4 Å². The van der Waals surface area contributed by atoms with Gasteiger partial charge in [-0.2, -0.15) is 18.4 Å². The Hall–Kier alpha value is -3.18. The highest BCUT2D eigenvalue weighted by molar-refractivity contribution is 6.31. The Morgan fingerprint density at radius 3 is 2.56 bits per heavy atom. The van der Waals surface area contributed by atoms with Crippen molar-refractivity contribution in [3.63, 3.8) is 0 Å². The average molecular weight is 395 g/mol. The molecule has 0 atom stereocenters. The lowest BCUT2D eigenvalue weighted by Gasteiger charge is -2.12. The normalized spacial score (nSPS) is 11.6. The Morgan fingerprint density at radius 2 is 1.96 bits per heavy atom. The van der Waals surface area contributed by atoms with Crippen LogP contribution in [0.3, 0.4) is 0 Å². The summed E-state index contributed by atoms with van der Waals surface area (Å²) in [7, 11) is 0. The van der Waals surface area contributed by atoms with Crippen molar-refractivity contribution in [3.8, 4) is 6.07 Å². The predicted molar refractivity (Wildman–Crippen MR) is 98.0 cm³/mol. The topological polar surface area (TPSA) is 90.9 Å². The molecule has 0 aliphatic heterocycles. The summed E-state index contributed by atoms with van der Waals surface area (Å²) in [5, 5.41) is 13.6. The first-order valence-electron chi connectivity index (χ1n) is 7.53. The lowest BCUT2D eigenvalue weighted by molar-refractivity contribution is -0.137. The maximum absolute atomic E-state index is 12.9. The third-order valence-corrected chi connectivity index (χ3v) is 3.80. The molecule has 0 unspecified atom stereocenters. The quantitative estimate of drug-likeness (QED) is 0.398. The molecule has 4 N–H and O–H groups in total. The molecule has 1 amide bonds. The van der Waals surface area contributed by atoms with Gasteiger partial charge < -0.3 is 16.4 Å². The first-order valence-corrected chi connectivity index (χ1v) is 7.90. The number of aryl methyl sites for hydroxylation is 1. The molecule has 2 rings (SSSR count). The molecule has 0 radical (unpaired) electrons. The van der Waals surface area contributed by atoms with E-state index in [9.17, 15) is 18.0 Å². The number of nitriles is 1. The molecule has 0 saturated heterocycles. The van der Waals surface area contributed by atoms with E-state index in [1.807, 2.05) is 6.92 Å². The van der Waals surface area contributed by atoms with Gasteiger partial charge in [-0.3, -0.25) is 4.79 Å². The summed E-state index contributed by atoms with van der Waals surface area (Å²) in [6, 6.07) is 9.75. The number of anilines is 3. The number of amides is 1. The number of rotatable bonds is 4. The van der Waals surface area contributed by atoms with Crippen molar-refractivity contribution in [2.45, 2.75) is 13.1 Å². The van der Waals surface area contributed by atoms with Crippen molar-refractivity contribution in [2.75, 3.05) is 16.4 Å². The second kappa shape index (κ2) is 8.01. The van der Waals surface area contributed by atoms with E-state index in [2.05, 4.69) is 10.6 Å². The van der Waals surface area contributed by atoms with Crippen molar-refractivity contribution >= 4 is 34.6 Å². The number of halogens is 4. The Kier molecular flexibility index (Phi) is 5.98. The van der Waals surface area contributed by atoms with Gasteiger partial charge in [-0.1, -0.05) is 17.7 Å². The lowest BCUT2D eigenvalue weighted by Crippen LogP contribution is -2.15. The highest BCUT2D eigenvalue weighted by atomic mass is 35.5. The van der Waals surface area contributed by atoms with Crippen LogP contribution in [0.15, 0.2) is 48.2 Å². The zero-order valence-electron chi connectivity index (χ0n) is 14.0. The number of nitrogen functional groups attached to an aromatic ring is 1. The summed E-state index contributed by atoms with van der Waals surface area (Å²) in [6.45, 7) is 1.85. The smallest absolute Gasteiger partial charge is 0.397 e. The van der Waals surface area contributed by atoms with E-state index in [4.69, 9.17) is 22.6 Å². The van der Waals surface area contributed by atoms with Crippen LogP contribution < -0.4 is 16.4 Å². The van der Waals surface area contributed by atoms with Gasteiger partial charge in [0.15, 0.2) is 0 Å². The zero-order valence-corrected chi connectivity index (χ0v) is 14.7. The molecule has 9 heteroatoms. The number of hydrogen-bond donors (Lipinski definition) is 3. The molecule has 0 aliphatic carbocycles. The fourth-order valence-corrected chi connectivity index (χ4v) is 2.36. The number of benzene rings is 2. The number of carbonyl (C=O) groups is 1. The fraction of sp³-hybridized carbons (Fsp3) is 0.111. The van der Waals surface area contributed by atoms with E-state index in [1.54, 1.807) is 24.3 Å². The average Bonchev–Trinajstić information content (AvgIpc) is 2.57. The molecular weight excluding hydrogens is 381 g/mol. The first-order chi connectivity index (χ1) is 12.6. The third kappa shape index (κ3) is 5.15. The monoisotopic (exact) mass is 394 g/mol. The maximum Gasteiger partial charge on any atom is 0.417 e. The molecule has 0 aliphatic rings. The summed E-state index contributed by atoms with van der Waals surface area (Å²) in [4.78, 5) is 12.2. The molecule has 0 aromatic heterocycles. The van der Waals surface area contributed by atoms with Crippen LogP contribution in [0.1, 0.15) is 11.1 Å². The van der Waals surface area contributed by atoms with Gasteiger partial charge >= 0.3 is 6.18 Å². The molecule has 2 aromatic rings. The van der Waals surface area contributed by atoms with Gasteiger partial charge in [0.05, 0.1) is 22.0 Å². The summed E-state index contributed by atoms with van der Waals surface area (Å²) in [6.07, 6.45) is -3.55. The number of alkyl halides is 3. The largest absolute Gasteiger partial charge is 0.417 e. The number of hydrogen-bond acceptors (Lipinski definition) is 4. The summed E-state index contributed by atoms with van der Waals surface area (Å²) < 4.78 is 38.6. The summed E-state index contributed by atoms with van der Waals surface area (Å²) >= 11 is 5.53. The van der Waals surface area contributed by atoms with E-state index in [0.717, 1.165) is 17.8 Å². The predicted octanol–water partition coefficient (Wildman–Crippen LogP) is 4.71. The van der Waals surface area contributed by atoms with Crippen LogP contribution in [0, 0.1) is 18.3 Å². The van der Waals surface area contributed by atoms with Crippen LogP contribution in [0.25, 0.3) is 0 Å². The Balaban J connectivity index is 2.19. The molecule has 0 fully saturated rings. The van der Waals surface area contributed by atoms with Gasteiger partial charge in [0.1, 0.15) is 11.6 Å². The highest BCUT2D eigenvalue weighted by Gasteiger charge is 2.33. The van der Waals surface area contributed by atoms with Crippen LogP contribution in [-0.2, 0) is 11.0 Å². The molecule has 2 aromatic carbocycles. The summed E-state index contributed by atoms with van der Waals surface area (Å²) in [5.74, 6) is -0.883. The van der Waals surface area contributed by atoms with Crippen molar-refractivity contribution < 1.29 is 18.0 Å². The lowest BCUT2D eigenvalue weighted by atomic mass is 10.1. The standard InChI is InChI=1S/C18H14ClF3N4O/c1-10-2-5-16(15(24)6-10)25-9-11(8-23)17(27)26-12-3-4-14(19)13(7-12)18(20,21)22/h2-7,9,25H,24H2,1H3,(H,26,27)/b11-9-. The van der Waals surface area contributed by atoms with Crippen molar-refractivity contribution in [3.05, 3.63) is 64.3 Å². The Labute approximate surface area is 158 Å². The van der Waals surface area contributed by atoms with Gasteiger partial charge in [-0.05, 0) is 42.8 Å². The molecule has 0 bridgehead atoms. The minimum absolute atomic E-state index is 0.146. The summed E-state index contributed by atoms with van der Waals surface area (Å²) in [5.41, 5.74) is 6.07. The van der Waals surface area contributed by atoms with E-state index in [1.165, 1.54) is 6.07 Å². The second-order valence-corrected chi connectivity index (χ2v) is 5.96. The number of carbonyl (C=O) groups excluding carboxylic acids is 1. The molecule has 0 spiro atoms. The SMILES string of the molecule is Cc1ccc(N/C=C(/C#N)C(=O)Nc2ccc(Cl)c(C(F)(F)F)c2)c(N)c1. The molecular formula is C18H14ClF3N4O. The van der Waals surface area contributed by atoms with Crippen LogP contribution in [0.2, 0.25) is 5.02 Å². The maximum atomic E-state index is 12.9. The van der Waals surface area contributed by atoms with Gasteiger partial charge in [-0.25, -0.2) is 0 Å². The van der Waals surface area contributed by atoms with Crippen LogP contribution in [0.4, 0.5) is 30.2 Å². The van der Waals surface area contributed by atoms with Crippen LogP contribution >= 0.6 is 11.6 Å². The third-order valence-electron chi connectivity index (χ3n) is 3.47. The van der Waals surface area contributed by atoms with Gasteiger partial charge in [0.2, 0.25) is 0 Å². The second-order valence-electron chi connectivity index (χ2n) is 5.55. The minimum atomic E-state index is -4.67. The van der Waals surface area contributed by atoms with Gasteiger partial charge in [0.25, 0.3) is 5.91 Å². The molecule has 0 heterocycles. The highest BCUT2D eigenvalue weighted by Crippen LogP contribution is 2.36.